The number of allylic oxidation sites excluding steroid dienone is 1. The first-order valence-electron chi connectivity index (χ1n) is 9.73. The molecule has 0 fully saturated rings. The Morgan fingerprint density at radius 1 is 1.24 bits per heavy atom. The molecular weight excluding hydrogens is 367 g/mol. The zero-order chi connectivity index (χ0) is 20.6. The fourth-order valence-electron chi connectivity index (χ4n) is 4.04. The van der Waals surface area contributed by atoms with Crippen molar-refractivity contribution in [1.82, 2.24) is 9.78 Å². The Morgan fingerprint density at radius 3 is 2.72 bits per heavy atom. The summed E-state index contributed by atoms with van der Waals surface area (Å²) in [6.07, 6.45) is 4.80. The zero-order valence-electron chi connectivity index (χ0n) is 16.9. The smallest absolute Gasteiger partial charge is 0.123 e. The van der Waals surface area contributed by atoms with E-state index in [0.717, 1.165) is 34.7 Å². The molecule has 0 bridgehead atoms. The van der Waals surface area contributed by atoms with Crippen LogP contribution < -0.4 is 4.74 Å². The average molecular weight is 392 g/mol. The molecule has 0 amide bonds. The molecule has 5 heteroatoms. The number of aliphatic hydroxyl groups excluding tert-OH is 1. The van der Waals surface area contributed by atoms with E-state index in [-0.39, 0.29) is 11.2 Å². The molecule has 1 aromatic heterocycles. The van der Waals surface area contributed by atoms with Crippen LogP contribution in [-0.4, -0.2) is 22.0 Å². The highest BCUT2D eigenvalue weighted by atomic mass is 19.1. The molecule has 0 saturated heterocycles. The van der Waals surface area contributed by atoms with E-state index in [2.05, 4.69) is 25.0 Å². The fraction of sp³-hybridized carbons (Fsp3) is 0.292. The van der Waals surface area contributed by atoms with Gasteiger partial charge in [-0.15, -0.1) is 0 Å². The van der Waals surface area contributed by atoms with Gasteiger partial charge in [-0.2, -0.15) is 5.10 Å². The molecule has 1 heterocycles. The van der Waals surface area contributed by atoms with Gasteiger partial charge < -0.3 is 9.84 Å². The summed E-state index contributed by atoms with van der Waals surface area (Å²) >= 11 is 0. The first-order chi connectivity index (χ1) is 13.9. The number of ether oxygens (including phenoxy) is 1. The minimum absolute atomic E-state index is 0.188. The summed E-state index contributed by atoms with van der Waals surface area (Å²) in [5, 5.41) is 15.4. The van der Waals surface area contributed by atoms with Crippen LogP contribution >= 0.6 is 0 Å². The summed E-state index contributed by atoms with van der Waals surface area (Å²) in [5.41, 5.74) is 4.83. The molecule has 4 rings (SSSR count). The van der Waals surface area contributed by atoms with E-state index in [0.29, 0.717) is 6.42 Å². The minimum atomic E-state index is -0.591. The molecule has 1 N–H and O–H groups in total. The molecule has 150 valence electrons. The van der Waals surface area contributed by atoms with E-state index >= 15 is 0 Å². The second-order valence-electron chi connectivity index (χ2n) is 8.00. The maximum atomic E-state index is 13.3. The Labute approximate surface area is 170 Å². The van der Waals surface area contributed by atoms with Gasteiger partial charge in [0.1, 0.15) is 11.6 Å². The van der Waals surface area contributed by atoms with Gasteiger partial charge in [-0.05, 0) is 78.8 Å². The molecule has 0 radical (unpaired) electrons. The van der Waals surface area contributed by atoms with Crippen LogP contribution in [0.1, 0.15) is 43.2 Å². The van der Waals surface area contributed by atoms with Gasteiger partial charge in [0.15, 0.2) is 0 Å². The van der Waals surface area contributed by atoms with E-state index in [1.54, 1.807) is 19.2 Å². The number of aromatic nitrogens is 2. The second-order valence-corrected chi connectivity index (χ2v) is 8.00. The van der Waals surface area contributed by atoms with Crippen LogP contribution in [-0.2, 0) is 6.42 Å². The van der Waals surface area contributed by atoms with Crippen LogP contribution in [0.25, 0.3) is 11.8 Å². The van der Waals surface area contributed by atoms with Crippen LogP contribution in [0, 0.1) is 11.2 Å². The summed E-state index contributed by atoms with van der Waals surface area (Å²) in [7, 11) is 1.63. The highest BCUT2D eigenvalue weighted by Gasteiger charge is 2.35. The molecule has 1 aliphatic carbocycles. The maximum Gasteiger partial charge on any atom is 0.123 e. The quantitative estimate of drug-likeness (QED) is 0.656. The fourth-order valence-corrected chi connectivity index (χ4v) is 4.04. The van der Waals surface area contributed by atoms with Gasteiger partial charge in [-0.1, -0.05) is 24.6 Å². The first-order valence-corrected chi connectivity index (χ1v) is 9.73. The number of benzene rings is 2. The predicted molar refractivity (Wildman–Crippen MR) is 112 cm³/mol. The third kappa shape index (κ3) is 3.70. The minimum Gasteiger partial charge on any atom is -0.497 e. The van der Waals surface area contributed by atoms with E-state index in [9.17, 15) is 9.50 Å². The number of halogens is 1. The van der Waals surface area contributed by atoms with Crippen molar-refractivity contribution >= 4 is 6.08 Å². The summed E-state index contributed by atoms with van der Waals surface area (Å²) < 4.78 is 20.4. The third-order valence-electron chi connectivity index (χ3n) is 5.97. The summed E-state index contributed by atoms with van der Waals surface area (Å²) in [4.78, 5) is 0. The van der Waals surface area contributed by atoms with Crippen LogP contribution in [0.5, 0.6) is 5.75 Å². The number of hydrogen-bond acceptors (Lipinski definition) is 3. The number of methoxy groups -OCH3 is 1. The topological polar surface area (TPSA) is 47.3 Å². The maximum absolute atomic E-state index is 13.3. The van der Waals surface area contributed by atoms with Crippen molar-refractivity contribution < 1.29 is 14.2 Å². The monoisotopic (exact) mass is 392 g/mol. The van der Waals surface area contributed by atoms with E-state index in [4.69, 9.17) is 4.74 Å². The SMILES string of the molecule is COc1cccc(C(O)CC2(C)Cc3cnn(-c4ccc(F)cc4)c3C=C2C)c1. The zero-order valence-corrected chi connectivity index (χ0v) is 16.9. The van der Waals surface area contributed by atoms with E-state index in [1.807, 2.05) is 35.1 Å². The lowest BCUT2D eigenvalue weighted by atomic mass is 9.70. The van der Waals surface area contributed by atoms with Crippen molar-refractivity contribution in [3.05, 3.63) is 82.9 Å². The normalized spacial score (nSPS) is 19.4. The number of fused-ring (bicyclic) bond motifs is 1. The van der Waals surface area contributed by atoms with E-state index in [1.165, 1.54) is 17.7 Å². The van der Waals surface area contributed by atoms with Gasteiger partial charge in [-0.3, -0.25) is 0 Å². The molecule has 1 aliphatic rings. The summed E-state index contributed by atoms with van der Waals surface area (Å²) in [5.74, 6) is 0.478. The van der Waals surface area contributed by atoms with Gasteiger partial charge in [0, 0.05) is 0 Å². The van der Waals surface area contributed by atoms with Gasteiger partial charge >= 0.3 is 0 Å². The van der Waals surface area contributed by atoms with Gasteiger partial charge in [0.05, 0.1) is 30.8 Å². The van der Waals surface area contributed by atoms with Crippen molar-refractivity contribution in [1.29, 1.82) is 0 Å². The Hall–Kier alpha value is -2.92. The lowest BCUT2D eigenvalue weighted by Gasteiger charge is -2.36. The molecule has 2 aromatic carbocycles. The Balaban J connectivity index is 1.61. The highest BCUT2D eigenvalue weighted by molar-refractivity contribution is 5.60. The molecule has 2 atom stereocenters. The number of rotatable bonds is 5. The largest absolute Gasteiger partial charge is 0.497 e. The van der Waals surface area contributed by atoms with Crippen LogP contribution in [0.3, 0.4) is 0 Å². The molecular formula is C24H25FN2O2. The van der Waals surface area contributed by atoms with Crippen molar-refractivity contribution in [2.45, 2.75) is 32.8 Å². The Bertz CT molecular complexity index is 1050. The lowest BCUT2D eigenvalue weighted by molar-refractivity contribution is 0.121. The van der Waals surface area contributed by atoms with Crippen molar-refractivity contribution in [3.63, 3.8) is 0 Å². The predicted octanol–water partition coefficient (Wildman–Crippen LogP) is 5.11. The summed E-state index contributed by atoms with van der Waals surface area (Å²) in [6.45, 7) is 4.28. The standard InChI is InChI=1S/C24H25FN2O2/c1-16-11-22-18(15-26-27(22)20-9-7-19(25)8-10-20)13-24(16,2)14-23(28)17-5-4-6-21(12-17)29-3/h4-12,15,23,28H,13-14H2,1-3H3. The Kier molecular flexibility index (Phi) is 5.01. The Morgan fingerprint density at radius 2 is 2.00 bits per heavy atom. The molecule has 29 heavy (non-hydrogen) atoms. The molecule has 2 unspecified atom stereocenters. The molecule has 0 spiro atoms. The van der Waals surface area contributed by atoms with Crippen LogP contribution in [0.2, 0.25) is 0 Å². The summed E-state index contributed by atoms with van der Waals surface area (Å²) in [6, 6.07) is 13.9. The molecule has 3 aromatic rings. The number of nitrogens with zero attached hydrogens (tertiary/aromatic N) is 2. The van der Waals surface area contributed by atoms with Crippen LogP contribution in [0.15, 0.2) is 60.3 Å². The van der Waals surface area contributed by atoms with Gasteiger partial charge in [-0.25, -0.2) is 9.07 Å². The van der Waals surface area contributed by atoms with Crippen molar-refractivity contribution in [3.8, 4) is 11.4 Å². The average Bonchev–Trinajstić information content (AvgIpc) is 3.11. The number of aliphatic hydroxyl groups is 1. The lowest BCUT2D eigenvalue weighted by Crippen LogP contribution is -2.27. The van der Waals surface area contributed by atoms with Gasteiger partial charge in [0.2, 0.25) is 0 Å². The van der Waals surface area contributed by atoms with Crippen molar-refractivity contribution in [2.75, 3.05) is 7.11 Å². The van der Waals surface area contributed by atoms with Gasteiger partial charge in [0.25, 0.3) is 0 Å². The first kappa shape index (κ1) is 19.4. The van der Waals surface area contributed by atoms with Crippen LogP contribution in [0.4, 0.5) is 4.39 Å². The third-order valence-corrected chi connectivity index (χ3v) is 5.97. The molecule has 0 saturated carbocycles. The highest BCUT2D eigenvalue weighted by Crippen LogP contribution is 2.44. The van der Waals surface area contributed by atoms with Crippen molar-refractivity contribution in [2.24, 2.45) is 5.41 Å². The van der Waals surface area contributed by atoms with E-state index < -0.39 is 6.10 Å². The number of hydrogen-bond donors (Lipinski definition) is 1. The molecule has 4 nitrogen and oxygen atoms in total. The molecule has 0 aliphatic heterocycles. The second kappa shape index (κ2) is 7.48.